The molecule has 0 saturated carbocycles. The zero-order chi connectivity index (χ0) is 20.7. The first-order valence-corrected chi connectivity index (χ1v) is 10.0. The maximum absolute atomic E-state index is 12.8. The molecule has 29 heavy (non-hydrogen) atoms. The van der Waals surface area contributed by atoms with Crippen molar-refractivity contribution in [2.75, 3.05) is 5.32 Å². The number of piperidine rings is 1. The van der Waals surface area contributed by atoms with Crippen molar-refractivity contribution in [2.24, 2.45) is 5.73 Å². The van der Waals surface area contributed by atoms with Crippen LogP contribution >= 0.6 is 11.3 Å². The lowest BCUT2D eigenvalue weighted by Crippen LogP contribution is -2.54. The minimum absolute atomic E-state index is 0.0935. The van der Waals surface area contributed by atoms with E-state index in [2.05, 4.69) is 15.6 Å². The van der Waals surface area contributed by atoms with Crippen molar-refractivity contribution in [3.63, 3.8) is 0 Å². The molecule has 9 nitrogen and oxygen atoms in total. The van der Waals surface area contributed by atoms with Crippen LogP contribution in [-0.2, 0) is 16.1 Å². The molecular weight excluding hydrogens is 394 g/mol. The molecule has 2 atom stereocenters. The predicted octanol–water partition coefficient (Wildman–Crippen LogP) is 1.18. The predicted molar refractivity (Wildman–Crippen MR) is 105 cm³/mol. The van der Waals surface area contributed by atoms with Gasteiger partial charge >= 0.3 is 0 Å². The quantitative estimate of drug-likeness (QED) is 0.627. The Bertz CT molecular complexity index is 1030. The van der Waals surface area contributed by atoms with E-state index in [9.17, 15) is 19.2 Å². The number of imide groups is 2. The molecule has 0 radical (unpaired) electrons. The van der Waals surface area contributed by atoms with Crippen LogP contribution in [0.25, 0.3) is 0 Å². The van der Waals surface area contributed by atoms with Crippen molar-refractivity contribution in [3.8, 4) is 0 Å². The van der Waals surface area contributed by atoms with Crippen LogP contribution < -0.4 is 16.4 Å². The van der Waals surface area contributed by atoms with Crippen molar-refractivity contribution < 1.29 is 19.2 Å². The number of anilines is 1. The van der Waals surface area contributed by atoms with Crippen molar-refractivity contribution in [3.05, 3.63) is 46.0 Å². The summed E-state index contributed by atoms with van der Waals surface area (Å²) in [5.74, 6) is -2.05. The van der Waals surface area contributed by atoms with Crippen LogP contribution in [-0.4, -0.2) is 39.6 Å². The zero-order valence-electron chi connectivity index (χ0n) is 15.6. The summed E-state index contributed by atoms with van der Waals surface area (Å²) in [5, 5.41) is 7.96. The molecule has 4 rings (SSSR count). The number of nitrogens with one attached hydrogen (secondary N) is 2. The Kier molecular flexibility index (Phi) is 4.89. The van der Waals surface area contributed by atoms with Gasteiger partial charge in [-0.1, -0.05) is 6.07 Å². The summed E-state index contributed by atoms with van der Waals surface area (Å²) in [6, 6.07) is 3.88. The van der Waals surface area contributed by atoms with E-state index in [0.717, 1.165) is 16.2 Å². The van der Waals surface area contributed by atoms with Gasteiger partial charge in [0.05, 0.1) is 16.8 Å². The number of hydrogen-bond acceptors (Lipinski definition) is 8. The number of amides is 4. The monoisotopic (exact) mass is 413 g/mol. The maximum Gasteiger partial charge on any atom is 0.262 e. The van der Waals surface area contributed by atoms with Crippen molar-refractivity contribution >= 4 is 40.1 Å². The minimum Gasteiger partial charge on any atom is -0.357 e. The zero-order valence-corrected chi connectivity index (χ0v) is 16.4. The fourth-order valence-electron chi connectivity index (χ4n) is 3.38. The van der Waals surface area contributed by atoms with Gasteiger partial charge in [-0.05, 0) is 31.0 Å². The maximum atomic E-state index is 12.8. The molecule has 10 heteroatoms. The van der Waals surface area contributed by atoms with Crippen molar-refractivity contribution in [1.29, 1.82) is 0 Å². The number of nitrogens with zero attached hydrogens (tertiary/aromatic N) is 2. The van der Waals surface area contributed by atoms with Gasteiger partial charge in [0.25, 0.3) is 11.8 Å². The van der Waals surface area contributed by atoms with E-state index in [0.29, 0.717) is 11.7 Å². The van der Waals surface area contributed by atoms with Crippen LogP contribution in [0.3, 0.4) is 0 Å². The molecule has 1 fully saturated rings. The average Bonchev–Trinajstić information content (AvgIpc) is 3.25. The number of thiazole rings is 1. The third kappa shape index (κ3) is 3.52. The Morgan fingerprint density at radius 3 is 2.72 bits per heavy atom. The number of fused-ring (bicyclic) bond motifs is 1. The lowest BCUT2D eigenvalue weighted by Gasteiger charge is -2.27. The van der Waals surface area contributed by atoms with E-state index < -0.39 is 29.7 Å². The molecular formula is C19H19N5O4S. The fourth-order valence-corrected chi connectivity index (χ4v) is 4.20. The molecule has 4 N–H and O–H groups in total. The van der Waals surface area contributed by atoms with Crippen LogP contribution in [0.5, 0.6) is 0 Å². The Morgan fingerprint density at radius 2 is 2.03 bits per heavy atom. The number of carbonyl (C=O) groups excluding carboxylic acids is 4. The van der Waals surface area contributed by atoms with Crippen LogP contribution in [0.2, 0.25) is 0 Å². The lowest BCUT2D eigenvalue weighted by atomic mass is 10.0. The molecule has 2 aliphatic rings. The Morgan fingerprint density at radius 1 is 1.28 bits per heavy atom. The largest absolute Gasteiger partial charge is 0.357 e. The number of benzene rings is 1. The second-order valence-electron chi connectivity index (χ2n) is 7.05. The average molecular weight is 413 g/mol. The summed E-state index contributed by atoms with van der Waals surface area (Å²) >= 11 is 1.44. The number of rotatable bonds is 5. The molecule has 0 bridgehead atoms. The van der Waals surface area contributed by atoms with Crippen LogP contribution in [0.1, 0.15) is 57.8 Å². The van der Waals surface area contributed by atoms with E-state index >= 15 is 0 Å². The Balaban J connectivity index is 1.50. The topological polar surface area (TPSA) is 134 Å². The lowest BCUT2D eigenvalue weighted by molar-refractivity contribution is -0.136. The first-order valence-electron chi connectivity index (χ1n) is 9.14. The third-order valence-electron chi connectivity index (χ3n) is 4.94. The number of hydrogen-bond donors (Lipinski definition) is 3. The second-order valence-corrected chi connectivity index (χ2v) is 7.90. The normalized spacial score (nSPS) is 19.9. The van der Waals surface area contributed by atoms with Gasteiger partial charge in [-0.3, -0.25) is 29.4 Å². The van der Waals surface area contributed by atoms with Gasteiger partial charge in [0.15, 0.2) is 5.13 Å². The minimum atomic E-state index is -0.964. The molecule has 1 aromatic heterocycles. The molecule has 1 saturated heterocycles. The van der Waals surface area contributed by atoms with Crippen molar-refractivity contribution in [2.45, 2.75) is 38.4 Å². The van der Waals surface area contributed by atoms with Gasteiger partial charge in [-0.2, -0.15) is 0 Å². The van der Waals surface area contributed by atoms with E-state index in [1.54, 1.807) is 18.2 Å². The number of aromatic nitrogens is 1. The molecule has 2 aliphatic heterocycles. The molecule has 0 spiro atoms. The highest BCUT2D eigenvalue weighted by atomic mass is 32.1. The first-order chi connectivity index (χ1) is 13.8. The van der Waals surface area contributed by atoms with E-state index in [1.165, 1.54) is 11.3 Å². The molecule has 0 aliphatic carbocycles. The van der Waals surface area contributed by atoms with Gasteiger partial charge in [-0.25, -0.2) is 4.98 Å². The Labute approximate surface area is 170 Å². The third-order valence-corrected chi connectivity index (χ3v) is 5.75. The molecule has 1 unspecified atom stereocenters. The Hall–Kier alpha value is -3.11. The van der Waals surface area contributed by atoms with Crippen LogP contribution in [0, 0.1) is 0 Å². The van der Waals surface area contributed by atoms with Crippen molar-refractivity contribution in [1.82, 2.24) is 15.2 Å². The SMILES string of the molecule is C[C@H](N)c1csc(NCc2ccc3c(c2)C(=O)N(C2CCC(=O)NC2=O)C3=O)n1. The van der Waals surface area contributed by atoms with E-state index in [1.807, 2.05) is 12.3 Å². The summed E-state index contributed by atoms with van der Waals surface area (Å²) in [7, 11) is 0. The van der Waals surface area contributed by atoms with Gasteiger partial charge in [0, 0.05) is 24.4 Å². The van der Waals surface area contributed by atoms with E-state index in [4.69, 9.17) is 5.73 Å². The summed E-state index contributed by atoms with van der Waals surface area (Å²) < 4.78 is 0. The fraction of sp³-hybridized carbons (Fsp3) is 0.316. The second kappa shape index (κ2) is 7.37. The van der Waals surface area contributed by atoms with Gasteiger partial charge in [-0.15, -0.1) is 11.3 Å². The summed E-state index contributed by atoms with van der Waals surface area (Å²) in [6.07, 6.45) is 0.229. The standard InChI is InChI=1S/C19H19N5O4S/c1-9(20)13-8-29-19(22-13)21-7-10-2-3-11-12(6-10)18(28)24(17(11)27)14-4-5-15(25)23-16(14)26/h2-3,6,8-9,14H,4-5,7,20H2,1H3,(H,21,22)(H,23,25,26)/t9-,14?/m0/s1. The van der Waals surface area contributed by atoms with Gasteiger partial charge < -0.3 is 11.1 Å². The molecule has 2 aromatic rings. The molecule has 4 amide bonds. The highest BCUT2D eigenvalue weighted by Crippen LogP contribution is 2.28. The summed E-state index contributed by atoms with van der Waals surface area (Å²) in [6.45, 7) is 2.27. The van der Waals surface area contributed by atoms with Crippen LogP contribution in [0.15, 0.2) is 23.6 Å². The molecule has 1 aromatic carbocycles. The number of carbonyl (C=O) groups is 4. The van der Waals surface area contributed by atoms with E-state index in [-0.39, 0.29) is 30.0 Å². The summed E-state index contributed by atoms with van der Waals surface area (Å²) in [4.78, 5) is 54.3. The highest BCUT2D eigenvalue weighted by molar-refractivity contribution is 7.13. The number of nitrogens with two attached hydrogens (primary N) is 1. The van der Waals surface area contributed by atoms with Gasteiger partial charge in [0.1, 0.15) is 6.04 Å². The molecule has 3 heterocycles. The van der Waals surface area contributed by atoms with Crippen LogP contribution in [0.4, 0.5) is 5.13 Å². The first kappa shape index (κ1) is 19.2. The smallest absolute Gasteiger partial charge is 0.262 e. The summed E-state index contributed by atoms with van der Waals surface area (Å²) in [5.41, 5.74) is 7.93. The molecule has 150 valence electrons. The van der Waals surface area contributed by atoms with Gasteiger partial charge in [0.2, 0.25) is 11.8 Å². The highest BCUT2D eigenvalue weighted by Gasteiger charge is 2.44.